The molecule has 0 radical (unpaired) electrons. The summed E-state index contributed by atoms with van der Waals surface area (Å²) in [5.41, 5.74) is 5.13. The number of amides is 1. The van der Waals surface area contributed by atoms with Gasteiger partial charge in [0.2, 0.25) is 5.91 Å². The van der Waals surface area contributed by atoms with Crippen LogP contribution in [0.15, 0.2) is 35.4 Å². The van der Waals surface area contributed by atoms with Crippen molar-refractivity contribution in [3.8, 4) is 0 Å². The molecule has 0 saturated carbocycles. The monoisotopic (exact) mass is 378 g/mol. The number of primary amides is 1. The van der Waals surface area contributed by atoms with Crippen molar-refractivity contribution < 1.29 is 13.6 Å². The number of halogens is 3. The van der Waals surface area contributed by atoms with Crippen molar-refractivity contribution in [2.45, 2.75) is 19.4 Å². The zero-order valence-corrected chi connectivity index (χ0v) is 14.3. The second-order valence-corrected chi connectivity index (χ2v) is 6.11. The highest BCUT2D eigenvalue weighted by molar-refractivity contribution is 6.29. The predicted molar refractivity (Wildman–Crippen MR) is 91.9 cm³/mol. The lowest BCUT2D eigenvalue weighted by atomic mass is 10.1. The van der Waals surface area contributed by atoms with Crippen LogP contribution in [0.2, 0.25) is 5.15 Å². The first-order valence-electron chi connectivity index (χ1n) is 7.57. The fourth-order valence-electron chi connectivity index (χ4n) is 2.77. The zero-order valence-electron chi connectivity index (χ0n) is 13.5. The maximum absolute atomic E-state index is 14.3. The van der Waals surface area contributed by atoms with E-state index >= 15 is 0 Å². The Balaban J connectivity index is 2.33. The van der Waals surface area contributed by atoms with E-state index in [9.17, 15) is 18.4 Å². The molecule has 0 aliphatic heterocycles. The Morgan fingerprint density at radius 2 is 2.04 bits per heavy atom. The van der Waals surface area contributed by atoms with E-state index in [4.69, 9.17) is 17.3 Å². The molecule has 1 aromatic carbocycles. The second kappa shape index (κ2) is 6.80. The SMILES string of the molecule is CC(c1cnc(Cl)cn1)n1c(=O)c(CC(N)=O)cc2c(F)c(F)ccc21. The van der Waals surface area contributed by atoms with E-state index in [1.165, 1.54) is 23.0 Å². The van der Waals surface area contributed by atoms with E-state index in [-0.39, 0.29) is 21.6 Å². The van der Waals surface area contributed by atoms with Crippen LogP contribution in [0.3, 0.4) is 0 Å². The quantitative estimate of drug-likeness (QED) is 0.754. The normalized spacial score (nSPS) is 12.3. The minimum atomic E-state index is -1.11. The maximum Gasteiger partial charge on any atom is 0.255 e. The molecule has 0 spiro atoms. The predicted octanol–water partition coefficient (Wildman–Crippen LogP) is 2.36. The summed E-state index contributed by atoms with van der Waals surface area (Å²) in [6.07, 6.45) is 2.30. The lowest BCUT2D eigenvalue weighted by Gasteiger charge is -2.19. The van der Waals surface area contributed by atoms with Crippen molar-refractivity contribution in [2.75, 3.05) is 0 Å². The Kier molecular flexibility index (Phi) is 4.69. The molecule has 3 aromatic rings. The highest BCUT2D eigenvalue weighted by atomic mass is 35.5. The van der Waals surface area contributed by atoms with Crippen LogP contribution >= 0.6 is 11.6 Å². The fraction of sp³-hybridized carbons (Fsp3) is 0.176. The molecule has 1 atom stereocenters. The van der Waals surface area contributed by atoms with Crippen LogP contribution in [0.1, 0.15) is 24.2 Å². The van der Waals surface area contributed by atoms with Gasteiger partial charge in [0.15, 0.2) is 11.6 Å². The van der Waals surface area contributed by atoms with Gasteiger partial charge in [-0.25, -0.2) is 13.8 Å². The van der Waals surface area contributed by atoms with Crippen LogP contribution in [0.25, 0.3) is 10.9 Å². The van der Waals surface area contributed by atoms with Gasteiger partial charge in [-0.1, -0.05) is 11.6 Å². The summed E-state index contributed by atoms with van der Waals surface area (Å²) in [7, 11) is 0. The van der Waals surface area contributed by atoms with E-state index in [0.717, 1.165) is 12.1 Å². The van der Waals surface area contributed by atoms with E-state index in [1.807, 2.05) is 0 Å². The van der Waals surface area contributed by atoms with Crippen molar-refractivity contribution in [3.05, 3.63) is 69.0 Å². The molecule has 1 unspecified atom stereocenters. The number of nitrogens with two attached hydrogens (primary N) is 1. The third-order valence-corrected chi connectivity index (χ3v) is 4.20. The summed E-state index contributed by atoms with van der Waals surface area (Å²) in [6.45, 7) is 1.65. The van der Waals surface area contributed by atoms with Crippen LogP contribution in [-0.2, 0) is 11.2 Å². The molecule has 2 heterocycles. The third-order valence-electron chi connectivity index (χ3n) is 4.00. The fourth-order valence-corrected chi connectivity index (χ4v) is 2.87. The summed E-state index contributed by atoms with van der Waals surface area (Å²) in [4.78, 5) is 32.2. The maximum atomic E-state index is 14.3. The number of carbonyl (C=O) groups is 1. The summed E-state index contributed by atoms with van der Waals surface area (Å²) < 4.78 is 29.2. The molecule has 0 aliphatic rings. The van der Waals surface area contributed by atoms with Gasteiger partial charge in [0, 0.05) is 10.9 Å². The van der Waals surface area contributed by atoms with Gasteiger partial charge in [-0.2, -0.15) is 0 Å². The van der Waals surface area contributed by atoms with Crippen molar-refractivity contribution in [2.24, 2.45) is 5.73 Å². The minimum Gasteiger partial charge on any atom is -0.369 e. The van der Waals surface area contributed by atoms with Gasteiger partial charge < -0.3 is 5.73 Å². The molecule has 26 heavy (non-hydrogen) atoms. The number of nitrogens with zero attached hydrogens (tertiary/aromatic N) is 3. The Morgan fingerprint density at radius 1 is 1.31 bits per heavy atom. The molecule has 134 valence electrons. The summed E-state index contributed by atoms with van der Waals surface area (Å²) in [5.74, 6) is -2.94. The smallest absolute Gasteiger partial charge is 0.255 e. The summed E-state index contributed by atoms with van der Waals surface area (Å²) >= 11 is 5.72. The van der Waals surface area contributed by atoms with Crippen LogP contribution in [-0.4, -0.2) is 20.4 Å². The molecule has 6 nitrogen and oxygen atoms in total. The highest BCUT2D eigenvalue weighted by Crippen LogP contribution is 2.25. The Hall–Kier alpha value is -2.87. The van der Waals surface area contributed by atoms with E-state index in [2.05, 4.69) is 9.97 Å². The van der Waals surface area contributed by atoms with Crippen LogP contribution in [0.5, 0.6) is 0 Å². The van der Waals surface area contributed by atoms with Gasteiger partial charge in [-0.05, 0) is 25.1 Å². The van der Waals surface area contributed by atoms with E-state index in [0.29, 0.717) is 5.69 Å². The number of aromatic nitrogens is 3. The molecule has 2 aromatic heterocycles. The van der Waals surface area contributed by atoms with E-state index in [1.54, 1.807) is 6.92 Å². The first-order chi connectivity index (χ1) is 12.3. The number of hydrogen-bond donors (Lipinski definition) is 1. The van der Waals surface area contributed by atoms with E-state index < -0.39 is 35.6 Å². The topological polar surface area (TPSA) is 90.9 Å². The van der Waals surface area contributed by atoms with Gasteiger partial charge in [0.05, 0.1) is 36.1 Å². The number of fused-ring (bicyclic) bond motifs is 1. The molecule has 0 fully saturated rings. The van der Waals surface area contributed by atoms with Gasteiger partial charge >= 0.3 is 0 Å². The zero-order chi connectivity index (χ0) is 19.0. The van der Waals surface area contributed by atoms with Crippen molar-refractivity contribution in [3.63, 3.8) is 0 Å². The second-order valence-electron chi connectivity index (χ2n) is 5.72. The minimum absolute atomic E-state index is 0.0386. The molecule has 0 bridgehead atoms. The molecule has 0 saturated heterocycles. The first-order valence-corrected chi connectivity index (χ1v) is 7.95. The summed E-state index contributed by atoms with van der Waals surface area (Å²) in [6, 6.07) is 2.70. The number of rotatable bonds is 4. The molecular weight excluding hydrogens is 366 g/mol. The molecule has 3 rings (SSSR count). The Labute approximate surface area is 151 Å². The molecule has 2 N–H and O–H groups in total. The lowest BCUT2D eigenvalue weighted by molar-refractivity contribution is -0.117. The molecule has 9 heteroatoms. The standard InChI is InChI=1S/C17H13ClF2N4O2/c1-8(12-6-23-14(18)7-22-12)24-13-3-2-11(19)16(20)10(13)4-9(17(24)26)5-15(21)25/h2-4,6-8H,5H2,1H3,(H2,21,25). The average Bonchev–Trinajstić information content (AvgIpc) is 2.59. The van der Waals surface area contributed by atoms with Crippen LogP contribution in [0, 0.1) is 11.6 Å². The average molecular weight is 379 g/mol. The van der Waals surface area contributed by atoms with Crippen LogP contribution in [0.4, 0.5) is 8.78 Å². The third kappa shape index (κ3) is 3.15. The Bertz CT molecular complexity index is 1070. The molecule has 0 aliphatic carbocycles. The van der Waals surface area contributed by atoms with Crippen molar-refractivity contribution in [1.29, 1.82) is 0 Å². The number of carbonyl (C=O) groups excluding carboxylic acids is 1. The number of pyridine rings is 1. The number of benzene rings is 1. The molecule has 1 amide bonds. The van der Waals surface area contributed by atoms with Gasteiger partial charge in [-0.15, -0.1) is 0 Å². The van der Waals surface area contributed by atoms with Gasteiger partial charge in [-0.3, -0.25) is 19.1 Å². The lowest BCUT2D eigenvalue weighted by Crippen LogP contribution is -2.30. The number of hydrogen-bond acceptors (Lipinski definition) is 4. The van der Waals surface area contributed by atoms with Gasteiger partial charge in [0.1, 0.15) is 5.15 Å². The largest absolute Gasteiger partial charge is 0.369 e. The first kappa shape index (κ1) is 17.9. The summed E-state index contributed by atoms with van der Waals surface area (Å²) in [5, 5.41) is 0.0448. The van der Waals surface area contributed by atoms with Crippen molar-refractivity contribution in [1.82, 2.24) is 14.5 Å². The highest BCUT2D eigenvalue weighted by Gasteiger charge is 2.20. The Morgan fingerprint density at radius 3 is 2.65 bits per heavy atom. The molecular formula is C17H13ClF2N4O2. The van der Waals surface area contributed by atoms with Crippen molar-refractivity contribution >= 4 is 28.4 Å². The van der Waals surface area contributed by atoms with Gasteiger partial charge in [0.25, 0.3) is 5.56 Å². The van der Waals surface area contributed by atoms with Crippen LogP contribution < -0.4 is 11.3 Å².